The fourth-order valence-electron chi connectivity index (χ4n) is 2.72. The Labute approximate surface area is 168 Å². The summed E-state index contributed by atoms with van der Waals surface area (Å²) in [5, 5.41) is 5.53. The number of nitrogens with one attached hydrogen (secondary N) is 2. The van der Waals surface area contributed by atoms with Crippen LogP contribution in [0.4, 0.5) is 19.6 Å². The van der Waals surface area contributed by atoms with Gasteiger partial charge in [0, 0.05) is 5.56 Å². The van der Waals surface area contributed by atoms with Crippen LogP contribution in [0.3, 0.4) is 0 Å². The molecular weight excluding hydrogens is 396 g/mol. The summed E-state index contributed by atoms with van der Waals surface area (Å²) in [6.45, 7) is 0. The molecule has 0 bridgehead atoms. The fraction of sp³-hybridized carbons (Fsp3) is 0. The lowest BCUT2D eigenvalue weighted by Crippen LogP contribution is -2.18. The van der Waals surface area contributed by atoms with Crippen molar-refractivity contribution in [2.45, 2.75) is 0 Å². The van der Waals surface area contributed by atoms with Crippen LogP contribution >= 0.6 is 11.3 Å². The van der Waals surface area contributed by atoms with Crippen molar-refractivity contribution < 1.29 is 18.4 Å². The zero-order valence-electron chi connectivity index (χ0n) is 14.8. The van der Waals surface area contributed by atoms with Crippen LogP contribution in [0.2, 0.25) is 0 Å². The standard InChI is InChI=1S/C21H13F2N3O2S/c22-13-10-8-12(9-11-13)19(27)24-16-6-2-1-4-14(16)20(28)26-21-25-18-15(23)5-3-7-17(18)29-21/h1-11H,(H,24,27)(H,25,26,28). The average molecular weight is 409 g/mol. The number of carbonyl (C=O) groups excluding carboxylic acids is 2. The second kappa shape index (κ2) is 7.76. The molecule has 0 spiro atoms. The van der Waals surface area contributed by atoms with Crippen LogP contribution < -0.4 is 10.6 Å². The number of anilines is 2. The number of hydrogen-bond acceptors (Lipinski definition) is 4. The molecule has 1 heterocycles. The summed E-state index contributed by atoms with van der Waals surface area (Å²) in [4.78, 5) is 29.2. The first-order valence-electron chi connectivity index (χ1n) is 8.53. The summed E-state index contributed by atoms with van der Waals surface area (Å²) in [7, 11) is 0. The molecule has 2 amide bonds. The number of amides is 2. The predicted octanol–water partition coefficient (Wildman–Crippen LogP) is 5.08. The molecule has 0 radical (unpaired) electrons. The Morgan fingerprint density at radius 2 is 1.59 bits per heavy atom. The van der Waals surface area contributed by atoms with Gasteiger partial charge in [-0.25, -0.2) is 13.8 Å². The van der Waals surface area contributed by atoms with E-state index in [1.54, 1.807) is 36.4 Å². The van der Waals surface area contributed by atoms with E-state index in [-0.39, 0.29) is 27.5 Å². The van der Waals surface area contributed by atoms with Gasteiger partial charge in [0.05, 0.1) is 16.0 Å². The molecule has 1 aromatic heterocycles. The molecule has 2 N–H and O–H groups in total. The second-order valence-electron chi connectivity index (χ2n) is 6.07. The van der Waals surface area contributed by atoms with Crippen molar-refractivity contribution in [1.82, 2.24) is 4.98 Å². The van der Waals surface area contributed by atoms with E-state index < -0.39 is 23.4 Å². The van der Waals surface area contributed by atoms with Crippen LogP contribution in [0.15, 0.2) is 66.7 Å². The summed E-state index contributed by atoms with van der Waals surface area (Å²) in [6, 6.07) is 16.1. The van der Waals surface area contributed by atoms with Crippen molar-refractivity contribution in [3.63, 3.8) is 0 Å². The maximum atomic E-state index is 13.8. The number of fused-ring (bicyclic) bond motifs is 1. The van der Waals surface area contributed by atoms with Gasteiger partial charge >= 0.3 is 0 Å². The van der Waals surface area contributed by atoms with Crippen molar-refractivity contribution in [2.24, 2.45) is 0 Å². The van der Waals surface area contributed by atoms with E-state index in [4.69, 9.17) is 0 Å². The van der Waals surface area contributed by atoms with Gasteiger partial charge in [-0.05, 0) is 48.5 Å². The highest BCUT2D eigenvalue weighted by Gasteiger charge is 2.16. The minimum Gasteiger partial charge on any atom is -0.321 e. The highest BCUT2D eigenvalue weighted by molar-refractivity contribution is 7.22. The smallest absolute Gasteiger partial charge is 0.259 e. The maximum Gasteiger partial charge on any atom is 0.259 e. The highest BCUT2D eigenvalue weighted by atomic mass is 32.1. The number of benzene rings is 3. The Morgan fingerprint density at radius 3 is 2.34 bits per heavy atom. The Balaban J connectivity index is 1.56. The molecule has 0 saturated heterocycles. The third-order valence-corrected chi connectivity index (χ3v) is 5.05. The van der Waals surface area contributed by atoms with Gasteiger partial charge in [0.25, 0.3) is 11.8 Å². The Hall–Kier alpha value is -3.65. The van der Waals surface area contributed by atoms with E-state index in [1.807, 2.05) is 0 Å². The minimum atomic E-state index is -0.500. The first-order valence-corrected chi connectivity index (χ1v) is 9.35. The first-order chi connectivity index (χ1) is 14.0. The van der Waals surface area contributed by atoms with Crippen molar-refractivity contribution in [3.05, 3.63) is 89.5 Å². The zero-order chi connectivity index (χ0) is 20.4. The monoisotopic (exact) mass is 409 g/mol. The lowest BCUT2D eigenvalue weighted by Gasteiger charge is -2.10. The topological polar surface area (TPSA) is 71.1 Å². The largest absolute Gasteiger partial charge is 0.321 e. The van der Waals surface area contributed by atoms with E-state index in [1.165, 1.54) is 30.3 Å². The number of rotatable bonds is 4. The predicted molar refractivity (Wildman–Crippen MR) is 108 cm³/mol. The Morgan fingerprint density at radius 1 is 0.828 bits per heavy atom. The van der Waals surface area contributed by atoms with Gasteiger partial charge < -0.3 is 5.32 Å². The molecule has 0 fully saturated rings. The van der Waals surface area contributed by atoms with Gasteiger partial charge in [0.2, 0.25) is 0 Å². The van der Waals surface area contributed by atoms with Crippen molar-refractivity contribution in [1.29, 1.82) is 0 Å². The highest BCUT2D eigenvalue weighted by Crippen LogP contribution is 2.28. The van der Waals surface area contributed by atoms with Gasteiger partial charge in [0.1, 0.15) is 17.2 Å². The quantitative estimate of drug-likeness (QED) is 0.494. The molecule has 0 aliphatic heterocycles. The molecule has 29 heavy (non-hydrogen) atoms. The van der Waals surface area contributed by atoms with Gasteiger partial charge in [-0.3, -0.25) is 14.9 Å². The molecule has 3 aromatic carbocycles. The van der Waals surface area contributed by atoms with Crippen molar-refractivity contribution in [2.75, 3.05) is 10.6 Å². The van der Waals surface area contributed by atoms with E-state index in [0.29, 0.717) is 4.70 Å². The maximum absolute atomic E-state index is 13.8. The third kappa shape index (κ3) is 3.97. The summed E-state index contributed by atoms with van der Waals surface area (Å²) >= 11 is 1.15. The second-order valence-corrected chi connectivity index (χ2v) is 7.10. The molecule has 144 valence electrons. The fourth-order valence-corrected chi connectivity index (χ4v) is 3.59. The van der Waals surface area contributed by atoms with E-state index in [2.05, 4.69) is 15.6 Å². The van der Waals surface area contributed by atoms with Crippen LogP contribution in [0.25, 0.3) is 10.2 Å². The molecule has 4 rings (SSSR count). The molecular formula is C21H13F2N3O2S. The lowest BCUT2D eigenvalue weighted by molar-refractivity contribution is 0.102. The Kier molecular flexibility index (Phi) is 5.01. The number of thiazole rings is 1. The molecule has 0 aliphatic carbocycles. The zero-order valence-corrected chi connectivity index (χ0v) is 15.6. The Bertz CT molecular complexity index is 1220. The van der Waals surface area contributed by atoms with Crippen LogP contribution in [-0.4, -0.2) is 16.8 Å². The molecule has 0 unspecified atom stereocenters. The summed E-state index contributed by atoms with van der Waals surface area (Å²) < 4.78 is 27.5. The number of halogens is 2. The van der Waals surface area contributed by atoms with E-state index in [0.717, 1.165) is 11.3 Å². The molecule has 0 saturated carbocycles. The van der Waals surface area contributed by atoms with Gasteiger partial charge in [-0.1, -0.05) is 29.5 Å². The van der Waals surface area contributed by atoms with Crippen LogP contribution in [0, 0.1) is 11.6 Å². The van der Waals surface area contributed by atoms with Crippen molar-refractivity contribution >= 4 is 44.2 Å². The number of aromatic nitrogens is 1. The minimum absolute atomic E-state index is 0.186. The summed E-state index contributed by atoms with van der Waals surface area (Å²) in [5.74, 6) is -1.90. The van der Waals surface area contributed by atoms with Crippen molar-refractivity contribution in [3.8, 4) is 0 Å². The number of nitrogens with zero attached hydrogens (tertiary/aromatic N) is 1. The van der Waals surface area contributed by atoms with Crippen LogP contribution in [-0.2, 0) is 0 Å². The normalized spacial score (nSPS) is 10.7. The van der Waals surface area contributed by atoms with Crippen LogP contribution in [0.1, 0.15) is 20.7 Å². The molecule has 8 heteroatoms. The number of hydrogen-bond donors (Lipinski definition) is 2. The van der Waals surface area contributed by atoms with Gasteiger partial charge in [-0.15, -0.1) is 0 Å². The van der Waals surface area contributed by atoms with Gasteiger partial charge in [-0.2, -0.15) is 0 Å². The summed E-state index contributed by atoms with van der Waals surface area (Å²) in [5.41, 5.74) is 0.934. The van der Waals surface area contributed by atoms with Gasteiger partial charge in [0.15, 0.2) is 5.13 Å². The molecule has 4 aromatic rings. The lowest BCUT2D eigenvalue weighted by atomic mass is 10.1. The first kappa shape index (κ1) is 18.7. The average Bonchev–Trinajstić information content (AvgIpc) is 3.12. The third-order valence-electron chi connectivity index (χ3n) is 4.12. The number of para-hydroxylation sites is 2. The number of carbonyl (C=O) groups is 2. The van der Waals surface area contributed by atoms with E-state index >= 15 is 0 Å². The summed E-state index contributed by atoms with van der Waals surface area (Å²) in [6.07, 6.45) is 0. The van der Waals surface area contributed by atoms with Crippen LogP contribution in [0.5, 0.6) is 0 Å². The SMILES string of the molecule is O=C(Nc1ccccc1C(=O)Nc1nc2c(F)cccc2s1)c1ccc(F)cc1. The molecule has 0 atom stereocenters. The molecule has 5 nitrogen and oxygen atoms in total. The molecule has 0 aliphatic rings. The van der Waals surface area contributed by atoms with E-state index in [9.17, 15) is 18.4 Å².